The average molecular weight is 524 g/mol. The Morgan fingerprint density at radius 2 is 1.87 bits per heavy atom. The Bertz CT molecular complexity index is 1200. The zero-order valence-corrected chi connectivity index (χ0v) is 22.5. The lowest BCUT2D eigenvalue weighted by Crippen LogP contribution is -2.62. The van der Waals surface area contributed by atoms with Crippen LogP contribution in [0, 0.1) is 29.1 Å². The van der Waals surface area contributed by atoms with Gasteiger partial charge in [0.15, 0.2) is 5.78 Å². The highest BCUT2D eigenvalue weighted by Crippen LogP contribution is 2.68. The van der Waals surface area contributed by atoms with Crippen molar-refractivity contribution in [3.05, 3.63) is 48.0 Å². The van der Waals surface area contributed by atoms with Crippen LogP contribution in [-0.4, -0.2) is 64.4 Å². The maximum atomic E-state index is 14.4. The fourth-order valence-electron chi connectivity index (χ4n) is 8.06. The van der Waals surface area contributed by atoms with Gasteiger partial charge in [-0.2, -0.15) is 0 Å². The van der Waals surface area contributed by atoms with Gasteiger partial charge in [0.25, 0.3) is 0 Å². The van der Waals surface area contributed by atoms with Gasteiger partial charge in [-0.05, 0) is 38.2 Å². The molecule has 2 aliphatic carbocycles. The number of benzene rings is 1. The molecule has 3 saturated heterocycles. The van der Waals surface area contributed by atoms with Gasteiger partial charge >= 0.3 is 5.97 Å². The molecule has 0 bridgehead atoms. The quantitative estimate of drug-likeness (QED) is 0.355. The molecule has 1 spiro atoms. The Kier molecular flexibility index (Phi) is 5.73. The smallest absolute Gasteiger partial charge is 0.303 e. The molecule has 0 aromatic heterocycles. The Labute approximate surface area is 223 Å². The van der Waals surface area contributed by atoms with Gasteiger partial charge in [0.2, 0.25) is 5.91 Å². The fourth-order valence-corrected chi connectivity index (χ4v) is 8.06. The number of amides is 1. The highest BCUT2D eigenvalue weighted by atomic mass is 16.6. The van der Waals surface area contributed by atoms with Crippen molar-refractivity contribution < 1.29 is 33.7 Å². The Hall–Kier alpha value is -2.55. The Morgan fingerprint density at radius 1 is 1.16 bits per heavy atom. The normalized spacial score (nSPS) is 49.8. The number of esters is 1. The molecule has 0 radical (unpaired) electrons. The third-order valence-corrected chi connectivity index (χ3v) is 10.1. The van der Waals surface area contributed by atoms with Crippen molar-refractivity contribution in [2.45, 2.75) is 89.1 Å². The van der Waals surface area contributed by atoms with Crippen LogP contribution >= 0.6 is 0 Å². The number of aliphatic hydroxyl groups is 1. The van der Waals surface area contributed by atoms with Gasteiger partial charge in [0, 0.05) is 30.7 Å². The number of epoxide rings is 2. The van der Waals surface area contributed by atoms with E-state index in [0.717, 1.165) is 5.56 Å². The van der Waals surface area contributed by atoms with E-state index in [1.54, 1.807) is 6.92 Å². The van der Waals surface area contributed by atoms with E-state index < -0.39 is 52.7 Å². The summed E-state index contributed by atoms with van der Waals surface area (Å²) in [6.45, 7) is 8.79. The number of carbonyl (C=O) groups excluding carboxylic acids is 3. The second kappa shape index (κ2) is 8.47. The number of nitrogens with one attached hydrogen (secondary N) is 1. The first kappa shape index (κ1) is 25.7. The number of Topliss-reactive ketones (excluding diaryl/α,β-unsaturated/α-hetero) is 1. The second-order valence-electron chi connectivity index (χ2n) is 12.4. The highest BCUT2D eigenvalue weighted by Gasteiger charge is 2.81. The molecule has 2 N–H and O–H groups in total. The molecule has 1 amide bonds. The minimum absolute atomic E-state index is 0.0359. The molecule has 3 aliphatic heterocycles. The van der Waals surface area contributed by atoms with E-state index in [9.17, 15) is 19.5 Å². The molecule has 8 heteroatoms. The number of carbonyl (C=O) groups is 3. The van der Waals surface area contributed by atoms with Crippen molar-refractivity contribution >= 4 is 17.7 Å². The molecular formula is C30H37NO7. The predicted octanol–water partition coefficient (Wildman–Crippen LogP) is 2.37. The molecule has 5 aliphatic rings. The predicted molar refractivity (Wildman–Crippen MR) is 137 cm³/mol. The molecular weight excluding hydrogens is 486 g/mol. The van der Waals surface area contributed by atoms with Crippen molar-refractivity contribution in [2.24, 2.45) is 29.1 Å². The maximum Gasteiger partial charge on any atom is 0.303 e. The molecule has 3 heterocycles. The van der Waals surface area contributed by atoms with Crippen LogP contribution in [0.25, 0.3) is 0 Å². The summed E-state index contributed by atoms with van der Waals surface area (Å²) in [6.07, 6.45) is 2.06. The van der Waals surface area contributed by atoms with Crippen LogP contribution < -0.4 is 5.32 Å². The second-order valence-corrected chi connectivity index (χ2v) is 12.4. The summed E-state index contributed by atoms with van der Waals surface area (Å²) in [7, 11) is 0. The van der Waals surface area contributed by atoms with E-state index in [2.05, 4.69) is 19.2 Å². The van der Waals surface area contributed by atoms with Crippen molar-refractivity contribution in [1.82, 2.24) is 5.32 Å². The monoisotopic (exact) mass is 523 g/mol. The molecule has 8 nitrogen and oxygen atoms in total. The molecule has 1 saturated carbocycles. The molecule has 204 valence electrons. The van der Waals surface area contributed by atoms with E-state index >= 15 is 0 Å². The fraction of sp³-hybridized carbons (Fsp3) is 0.633. The van der Waals surface area contributed by atoms with Crippen LogP contribution in [0.5, 0.6) is 0 Å². The lowest BCUT2D eigenvalue weighted by Gasteiger charge is -2.49. The molecule has 12 atom stereocenters. The van der Waals surface area contributed by atoms with Crippen LogP contribution in [0.2, 0.25) is 0 Å². The van der Waals surface area contributed by atoms with Crippen molar-refractivity contribution in [3.63, 3.8) is 0 Å². The van der Waals surface area contributed by atoms with E-state index in [4.69, 9.17) is 14.2 Å². The average Bonchev–Trinajstić information content (AvgIpc) is 3.77. The van der Waals surface area contributed by atoms with Gasteiger partial charge in [-0.3, -0.25) is 14.4 Å². The summed E-state index contributed by atoms with van der Waals surface area (Å²) in [4.78, 5) is 40.2. The lowest BCUT2D eigenvalue weighted by molar-refractivity contribution is -0.171. The number of fused-ring (bicyclic) bond motifs is 3. The van der Waals surface area contributed by atoms with Gasteiger partial charge in [0.05, 0.1) is 11.7 Å². The zero-order chi connectivity index (χ0) is 27.2. The first-order valence-electron chi connectivity index (χ1n) is 13.7. The number of hydrogen-bond acceptors (Lipinski definition) is 7. The molecule has 1 aromatic rings. The van der Waals surface area contributed by atoms with E-state index in [-0.39, 0.29) is 35.7 Å². The van der Waals surface area contributed by atoms with Crippen LogP contribution in [0.4, 0.5) is 0 Å². The molecule has 1 aromatic carbocycles. The highest BCUT2D eigenvalue weighted by molar-refractivity contribution is 5.91. The number of hydrogen-bond donors (Lipinski definition) is 2. The summed E-state index contributed by atoms with van der Waals surface area (Å²) < 4.78 is 18.4. The number of rotatable bonds is 3. The Balaban J connectivity index is 1.52. The zero-order valence-electron chi connectivity index (χ0n) is 22.5. The number of ether oxygens (including phenoxy) is 3. The van der Waals surface area contributed by atoms with Crippen LogP contribution in [0.1, 0.15) is 46.6 Å². The first-order chi connectivity index (χ1) is 17.9. The number of ketones is 1. The maximum absolute atomic E-state index is 14.4. The molecule has 2 unspecified atom stereocenters. The van der Waals surface area contributed by atoms with Crippen molar-refractivity contribution in [2.75, 3.05) is 0 Å². The van der Waals surface area contributed by atoms with E-state index in [0.29, 0.717) is 12.8 Å². The minimum atomic E-state index is -1.77. The van der Waals surface area contributed by atoms with Gasteiger partial charge in [-0.1, -0.05) is 56.3 Å². The summed E-state index contributed by atoms with van der Waals surface area (Å²) in [6, 6.07) is 9.80. The molecule has 6 rings (SSSR count). The lowest BCUT2D eigenvalue weighted by atomic mass is 9.50. The van der Waals surface area contributed by atoms with Crippen LogP contribution in [-0.2, 0) is 35.0 Å². The number of allylic oxidation sites excluding steroid dienone is 1. The van der Waals surface area contributed by atoms with Crippen molar-refractivity contribution in [3.8, 4) is 0 Å². The van der Waals surface area contributed by atoms with Crippen molar-refractivity contribution in [1.29, 1.82) is 0 Å². The van der Waals surface area contributed by atoms with E-state index in [1.807, 2.05) is 42.5 Å². The summed E-state index contributed by atoms with van der Waals surface area (Å²) in [5, 5.41) is 14.6. The van der Waals surface area contributed by atoms with Gasteiger partial charge in [-0.15, -0.1) is 0 Å². The summed E-state index contributed by atoms with van der Waals surface area (Å²) in [5.41, 5.74) is -2.29. The van der Waals surface area contributed by atoms with Gasteiger partial charge in [0.1, 0.15) is 29.3 Å². The topological polar surface area (TPSA) is 118 Å². The van der Waals surface area contributed by atoms with E-state index in [1.165, 1.54) is 13.8 Å². The van der Waals surface area contributed by atoms with Crippen LogP contribution in [0.15, 0.2) is 42.5 Å². The third kappa shape index (κ3) is 3.49. The summed E-state index contributed by atoms with van der Waals surface area (Å²) in [5.74, 6) is -2.18. The SMILES string of the molecule is CC(=O)O[C@@H]1[C@@H]2O[C@@H]2[C@@](C)(O)C(=O)[C@@H](C)C/C=C/[C@H]2[C@@H]3O[C@]3(C)C(C)C3[C@H](Cc4ccccc4)NC(=O)[C@@]312. The largest absolute Gasteiger partial charge is 0.458 e. The minimum Gasteiger partial charge on any atom is -0.458 e. The van der Waals surface area contributed by atoms with Gasteiger partial charge < -0.3 is 24.6 Å². The third-order valence-electron chi connectivity index (χ3n) is 10.1. The van der Waals surface area contributed by atoms with Crippen LogP contribution in [0.3, 0.4) is 0 Å². The standard InChI is InChI=1S/C30H37NO7/c1-15-10-9-13-19-24-29(5,38-24)16(2)21-20(14-18-11-7-6-8-12-18)31-27(34)30(19,21)26(36-17(3)32)22-25(37-22)28(4,35)23(15)33/h6-9,11-13,15-16,19-22,24-26,35H,10,14H2,1-5H3,(H,31,34)/b13-9+/t15-,16?,19-,20-,21?,22+,24-,25-,26+,28-,29+,30-/m0/s1. The Morgan fingerprint density at radius 3 is 2.55 bits per heavy atom. The molecule has 4 fully saturated rings. The molecule has 38 heavy (non-hydrogen) atoms. The first-order valence-corrected chi connectivity index (χ1v) is 13.7. The summed E-state index contributed by atoms with van der Waals surface area (Å²) >= 11 is 0. The van der Waals surface area contributed by atoms with Gasteiger partial charge in [-0.25, -0.2) is 0 Å².